The summed E-state index contributed by atoms with van der Waals surface area (Å²) >= 11 is 3.43. The maximum absolute atomic E-state index is 9.79. The molecule has 12 heteroatoms. The normalized spacial score (nSPS) is 14.3. The number of piperidine rings is 2. The van der Waals surface area contributed by atoms with Crippen LogP contribution < -0.4 is 9.80 Å². The zero-order valence-corrected chi connectivity index (χ0v) is 32.8. The maximum atomic E-state index is 9.79. The number of halogens is 1. The van der Waals surface area contributed by atoms with Gasteiger partial charge >= 0.3 is 0 Å². The Balaban J connectivity index is 0.000000156. The molecule has 10 rings (SSSR count). The molecule has 7 heterocycles. The SMILES string of the molecule is N#Cc1cc(-c2cnc3c(-c4ccnc5ccccc45)cnn3c2)ccc1N1CCCCC1.N#Cc1cc(-c2cnc3c(Br)cnn3c2)ccc1N1CCCCC1. The van der Waals surface area contributed by atoms with Crippen molar-refractivity contribution in [2.45, 2.75) is 38.5 Å². The first-order valence-electron chi connectivity index (χ1n) is 19.3. The van der Waals surface area contributed by atoms with Crippen molar-refractivity contribution in [2.75, 3.05) is 36.0 Å². The number of nitriles is 2. The smallest absolute Gasteiger partial charge is 0.169 e. The third-order valence-corrected chi connectivity index (χ3v) is 11.5. The van der Waals surface area contributed by atoms with Crippen LogP contribution in [-0.4, -0.2) is 60.4 Å². The van der Waals surface area contributed by atoms with Crippen molar-refractivity contribution in [2.24, 2.45) is 0 Å². The van der Waals surface area contributed by atoms with E-state index in [1.165, 1.54) is 38.5 Å². The molecule has 8 aromatic rings. The molecule has 0 saturated carbocycles. The summed E-state index contributed by atoms with van der Waals surface area (Å²) in [6.07, 6.45) is 20.3. The van der Waals surface area contributed by atoms with Gasteiger partial charge in [-0.2, -0.15) is 20.7 Å². The second-order valence-corrected chi connectivity index (χ2v) is 15.3. The van der Waals surface area contributed by atoms with E-state index in [4.69, 9.17) is 4.98 Å². The van der Waals surface area contributed by atoms with Crippen LogP contribution in [0, 0.1) is 22.7 Å². The monoisotopic (exact) mass is 811 g/mol. The first-order chi connectivity index (χ1) is 28.1. The minimum atomic E-state index is 0.707. The minimum absolute atomic E-state index is 0.707. The number of para-hydroxylation sites is 1. The molecular weight excluding hydrogens is 774 g/mol. The number of aromatic nitrogens is 7. The van der Waals surface area contributed by atoms with Gasteiger partial charge in [-0.15, -0.1) is 0 Å². The van der Waals surface area contributed by atoms with Gasteiger partial charge in [0.25, 0.3) is 0 Å². The Morgan fingerprint density at radius 3 is 1.72 bits per heavy atom. The number of pyridine rings is 1. The lowest BCUT2D eigenvalue weighted by Crippen LogP contribution is -2.29. The molecule has 0 atom stereocenters. The highest BCUT2D eigenvalue weighted by molar-refractivity contribution is 9.10. The maximum Gasteiger partial charge on any atom is 0.169 e. The van der Waals surface area contributed by atoms with Gasteiger partial charge in [0, 0.05) is 79.2 Å². The van der Waals surface area contributed by atoms with Crippen LogP contribution in [0.25, 0.3) is 55.6 Å². The van der Waals surface area contributed by atoms with Gasteiger partial charge in [0.05, 0.1) is 44.9 Å². The fraction of sp³-hybridized carbons (Fsp3) is 0.222. The van der Waals surface area contributed by atoms with E-state index in [0.717, 1.165) is 103 Å². The third-order valence-electron chi connectivity index (χ3n) is 10.9. The number of anilines is 2. The highest BCUT2D eigenvalue weighted by Crippen LogP contribution is 2.33. The Morgan fingerprint density at radius 2 is 1.11 bits per heavy atom. The van der Waals surface area contributed by atoms with Crippen LogP contribution in [0.2, 0.25) is 0 Å². The number of nitrogens with zero attached hydrogens (tertiary/aromatic N) is 11. The van der Waals surface area contributed by atoms with E-state index >= 15 is 0 Å². The summed E-state index contributed by atoms with van der Waals surface area (Å²) in [7, 11) is 0. The average Bonchev–Trinajstić information content (AvgIpc) is 3.88. The van der Waals surface area contributed by atoms with Crippen LogP contribution in [0.5, 0.6) is 0 Å². The molecular formula is C45H38BrN11. The van der Waals surface area contributed by atoms with Gasteiger partial charge < -0.3 is 9.80 Å². The van der Waals surface area contributed by atoms with E-state index in [1.54, 1.807) is 10.7 Å². The summed E-state index contributed by atoms with van der Waals surface area (Å²) in [5.41, 5.74) is 11.9. The Bertz CT molecular complexity index is 2830. The molecule has 2 aliphatic heterocycles. The molecule has 0 bridgehead atoms. The van der Waals surface area contributed by atoms with Crippen molar-refractivity contribution >= 4 is 49.5 Å². The summed E-state index contributed by atoms with van der Waals surface area (Å²) in [5, 5.41) is 29.3. The first kappa shape index (κ1) is 36.0. The summed E-state index contributed by atoms with van der Waals surface area (Å²) in [6.45, 7) is 4.09. The van der Waals surface area contributed by atoms with Crippen LogP contribution in [0.4, 0.5) is 11.4 Å². The standard InChI is InChI=1S/C27H22N6.C18H16BrN5/c28-15-20-14-19(8-9-26(20)32-12-4-1-5-13-32)21-16-30-27-24(17-31-33(27)18-21)22-10-11-29-25-7-3-2-6-23(22)25;19-16-11-22-24-12-15(10-21-18(16)24)13-4-5-17(14(8-13)9-20)23-6-2-1-3-7-23/h2-3,6-11,14,16-18H,1,4-5,12-13H2;4-5,8,10-12H,1-3,6-7H2. The molecule has 2 saturated heterocycles. The zero-order chi connectivity index (χ0) is 38.7. The largest absolute Gasteiger partial charge is 0.370 e. The second kappa shape index (κ2) is 15.8. The van der Waals surface area contributed by atoms with Crippen LogP contribution >= 0.6 is 15.9 Å². The highest BCUT2D eigenvalue weighted by atomic mass is 79.9. The lowest BCUT2D eigenvalue weighted by molar-refractivity contribution is 0.577. The first-order valence-corrected chi connectivity index (χ1v) is 20.1. The molecule has 0 radical (unpaired) electrons. The summed E-state index contributed by atoms with van der Waals surface area (Å²) < 4.78 is 4.42. The van der Waals surface area contributed by atoms with Crippen molar-refractivity contribution in [1.82, 2.24) is 34.2 Å². The van der Waals surface area contributed by atoms with E-state index < -0.39 is 0 Å². The quantitative estimate of drug-likeness (QED) is 0.167. The molecule has 3 aromatic carbocycles. The molecule has 11 nitrogen and oxygen atoms in total. The molecule has 0 spiro atoms. The molecule has 57 heavy (non-hydrogen) atoms. The molecule has 0 unspecified atom stereocenters. The number of rotatable bonds is 5. The average molecular weight is 813 g/mol. The van der Waals surface area contributed by atoms with Crippen LogP contribution in [0.1, 0.15) is 49.7 Å². The predicted octanol–water partition coefficient (Wildman–Crippen LogP) is 9.49. The van der Waals surface area contributed by atoms with Gasteiger partial charge in [0.15, 0.2) is 11.3 Å². The van der Waals surface area contributed by atoms with Crippen LogP contribution in [0.15, 0.2) is 115 Å². The van der Waals surface area contributed by atoms with Crippen molar-refractivity contribution in [3.63, 3.8) is 0 Å². The van der Waals surface area contributed by atoms with E-state index in [2.05, 4.69) is 88.4 Å². The number of hydrogen-bond acceptors (Lipinski definition) is 9. The molecule has 280 valence electrons. The van der Waals surface area contributed by atoms with E-state index in [-0.39, 0.29) is 0 Å². The summed E-state index contributed by atoms with van der Waals surface area (Å²) in [6, 6.07) is 27.0. The Hall–Kier alpha value is -6.63. The highest BCUT2D eigenvalue weighted by Gasteiger charge is 2.18. The van der Waals surface area contributed by atoms with E-state index in [1.807, 2.05) is 78.1 Å². The van der Waals surface area contributed by atoms with Gasteiger partial charge in [-0.25, -0.2) is 19.0 Å². The summed E-state index contributed by atoms with van der Waals surface area (Å²) in [4.78, 5) is 18.3. The molecule has 2 fully saturated rings. The fourth-order valence-corrected chi connectivity index (χ4v) is 8.35. The van der Waals surface area contributed by atoms with Crippen LogP contribution in [0.3, 0.4) is 0 Å². The fourth-order valence-electron chi connectivity index (χ4n) is 7.97. The summed E-state index contributed by atoms with van der Waals surface area (Å²) in [5.74, 6) is 0. The lowest BCUT2D eigenvalue weighted by atomic mass is 10.0. The van der Waals surface area contributed by atoms with Crippen molar-refractivity contribution < 1.29 is 0 Å². The Morgan fingerprint density at radius 1 is 0.544 bits per heavy atom. The van der Waals surface area contributed by atoms with Gasteiger partial charge in [0.1, 0.15) is 12.1 Å². The molecule has 0 aliphatic carbocycles. The van der Waals surface area contributed by atoms with Gasteiger partial charge in [-0.05, 0) is 108 Å². The van der Waals surface area contributed by atoms with Crippen molar-refractivity contribution in [1.29, 1.82) is 10.5 Å². The van der Waals surface area contributed by atoms with Crippen molar-refractivity contribution in [3.8, 4) is 45.5 Å². The topological polar surface area (TPSA) is 127 Å². The Kier molecular flexibility index (Phi) is 10.0. The van der Waals surface area contributed by atoms with E-state index in [0.29, 0.717) is 5.56 Å². The van der Waals surface area contributed by atoms with E-state index in [9.17, 15) is 10.5 Å². The molecule has 2 aliphatic rings. The molecule has 0 amide bonds. The van der Waals surface area contributed by atoms with Crippen molar-refractivity contribution in [3.05, 3.63) is 126 Å². The van der Waals surface area contributed by atoms with Crippen LogP contribution in [-0.2, 0) is 0 Å². The van der Waals surface area contributed by atoms with Gasteiger partial charge in [-0.1, -0.05) is 30.3 Å². The molecule has 0 N–H and O–H groups in total. The predicted molar refractivity (Wildman–Crippen MR) is 227 cm³/mol. The third kappa shape index (κ3) is 7.16. The number of fused-ring (bicyclic) bond motifs is 3. The minimum Gasteiger partial charge on any atom is -0.370 e. The Labute approximate surface area is 338 Å². The number of benzene rings is 3. The zero-order valence-electron chi connectivity index (χ0n) is 31.3. The lowest BCUT2D eigenvalue weighted by Gasteiger charge is -2.29. The molecule has 5 aromatic heterocycles. The van der Waals surface area contributed by atoms with Gasteiger partial charge in [0.2, 0.25) is 0 Å². The second-order valence-electron chi connectivity index (χ2n) is 14.4. The van der Waals surface area contributed by atoms with Gasteiger partial charge in [-0.3, -0.25) is 4.98 Å². The number of hydrogen-bond donors (Lipinski definition) is 0.